The lowest BCUT2D eigenvalue weighted by atomic mass is 9.65. The second kappa shape index (κ2) is 5.50. The van der Waals surface area contributed by atoms with Gasteiger partial charge in [-0.25, -0.2) is 4.98 Å². The van der Waals surface area contributed by atoms with E-state index in [1.165, 1.54) is 6.42 Å². The van der Waals surface area contributed by atoms with Crippen LogP contribution in [0.5, 0.6) is 0 Å². The summed E-state index contributed by atoms with van der Waals surface area (Å²) in [5.74, 6) is 0.864. The van der Waals surface area contributed by atoms with Gasteiger partial charge in [-0.1, -0.05) is 26.8 Å². The minimum atomic E-state index is 0.0869. The Kier molecular flexibility index (Phi) is 3.89. The Morgan fingerprint density at radius 3 is 2.74 bits per heavy atom. The molecule has 2 heterocycles. The highest BCUT2D eigenvalue weighted by Crippen LogP contribution is 2.52. The first-order chi connectivity index (χ1) is 10.7. The van der Waals surface area contributed by atoms with Gasteiger partial charge in [-0.3, -0.25) is 4.79 Å². The lowest BCUT2D eigenvalue weighted by Gasteiger charge is -2.39. The number of carbonyl (C=O) groups excluding carboxylic acids is 1. The highest BCUT2D eigenvalue weighted by molar-refractivity contribution is 5.93. The number of anilines is 1. The summed E-state index contributed by atoms with van der Waals surface area (Å²) in [6.45, 7) is 12.0. The summed E-state index contributed by atoms with van der Waals surface area (Å²) in [4.78, 5) is 19.6. The van der Waals surface area contributed by atoms with Gasteiger partial charge in [0, 0.05) is 18.6 Å². The Bertz CT molecular complexity index is 610. The molecule has 1 aliphatic heterocycles. The minimum absolute atomic E-state index is 0.0869. The summed E-state index contributed by atoms with van der Waals surface area (Å²) in [6, 6.07) is 6.34. The largest absolute Gasteiger partial charge is 0.368 e. The van der Waals surface area contributed by atoms with Crippen molar-refractivity contribution in [3.05, 3.63) is 23.9 Å². The van der Waals surface area contributed by atoms with E-state index in [-0.39, 0.29) is 11.3 Å². The van der Waals surface area contributed by atoms with E-state index in [2.05, 4.69) is 49.8 Å². The molecular weight excluding hydrogens is 286 g/mol. The zero-order valence-corrected chi connectivity index (χ0v) is 15.0. The maximum absolute atomic E-state index is 13.0. The smallest absolute Gasteiger partial charge is 0.272 e. The monoisotopic (exact) mass is 315 g/mol. The number of rotatable bonds is 3. The average Bonchev–Trinajstić information content (AvgIpc) is 2.66. The number of nitrogens with zero attached hydrogens (tertiary/aromatic N) is 2. The Hall–Kier alpha value is -1.58. The normalized spacial score (nSPS) is 29.0. The molecule has 1 amide bonds. The number of pyridine rings is 1. The third kappa shape index (κ3) is 3.36. The fourth-order valence-corrected chi connectivity index (χ4v) is 4.77. The van der Waals surface area contributed by atoms with Gasteiger partial charge in [0.15, 0.2) is 0 Å². The van der Waals surface area contributed by atoms with Crippen LogP contribution in [-0.2, 0) is 0 Å². The van der Waals surface area contributed by atoms with E-state index >= 15 is 0 Å². The Morgan fingerprint density at radius 2 is 2.04 bits per heavy atom. The summed E-state index contributed by atoms with van der Waals surface area (Å²) in [5, 5.41) is 3.28. The molecule has 0 spiro atoms. The molecule has 2 unspecified atom stereocenters. The SMILES string of the molecule is CC(C)Nc1cccc(C(=O)N2CC3(C)CC2CC(C)(C)C3)n1. The molecule has 1 aliphatic carbocycles. The maximum atomic E-state index is 13.0. The fourth-order valence-electron chi connectivity index (χ4n) is 4.77. The number of hydrogen-bond acceptors (Lipinski definition) is 3. The van der Waals surface area contributed by atoms with Crippen molar-refractivity contribution in [3.8, 4) is 0 Å². The van der Waals surface area contributed by atoms with E-state index in [4.69, 9.17) is 0 Å². The number of nitrogens with one attached hydrogen (secondary N) is 1. The second-order valence-electron chi connectivity index (χ2n) is 8.85. The van der Waals surface area contributed by atoms with Crippen molar-refractivity contribution in [3.63, 3.8) is 0 Å². The first-order valence-corrected chi connectivity index (χ1v) is 8.72. The van der Waals surface area contributed by atoms with Gasteiger partial charge in [0.25, 0.3) is 5.91 Å². The second-order valence-corrected chi connectivity index (χ2v) is 8.85. The molecule has 4 nitrogen and oxygen atoms in total. The quantitative estimate of drug-likeness (QED) is 0.919. The van der Waals surface area contributed by atoms with E-state index in [9.17, 15) is 4.79 Å². The molecule has 126 valence electrons. The predicted octanol–water partition coefficient (Wildman–Crippen LogP) is 3.94. The summed E-state index contributed by atoms with van der Waals surface area (Å²) >= 11 is 0. The van der Waals surface area contributed by atoms with Crippen LogP contribution in [0.1, 0.15) is 64.4 Å². The molecule has 1 aromatic rings. The van der Waals surface area contributed by atoms with Crippen molar-refractivity contribution in [2.75, 3.05) is 11.9 Å². The molecule has 4 heteroatoms. The molecule has 2 aliphatic rings. The highest BCUT2D eigenvalue weighted by atomic mass is 16.2. The zero-order chi connectivity index (χ0) is 16.8. The summed E-state index contributed by atoms with van der Waals surface area (Å²) < 4.78 is 0. The molecule has 0 radical (unpaired) electrons. The lowest BCUT2D eigenvalue weighted by molar-refractivity contribution is 0.0702. The average molecular weight is 315 g/mol. The molecule has 2 fully saturated rings. The number of hydrogen-bond donors (Lipinski definition) is 1. The third-order valence-electron chi connectivity index (χ3n) is 5.08. The van der Waals surface area contributed by atoms with Crippen LogP contribution in [-0.4, -0.2) is 34.4 Å². The molecule has 1 N–H and O–H groups in total. The molecule has 1 saturated heterocycles. The van der Waals surface area contributed by atoms with Crippen molar-refractivity contribution < 1.29 is 4.79 Å². The van der Waals surface area contributed by atoms with Gasteiger partial charge >= 0.3 is 0 Å². The van der Waals surface area contributed by atoms with Crippen LogP contribution in [0.3, 0.4) is 0 Å². The molecule has 1 saturated carbocycles. The van der Waals surface area contributed by atoms with Crippen molar-refractivity contribution in [2.45, 2.75) is 66.0 Å². The van der Waals surface area contributed by atoms with Crippen LogP contribution in [0.2, 0.25) is 0 Å². The zero-order valence-electron chi connectivity index (χ0n) is 15.0. The maximum Gasteiger partial charge on any atom is 0.272 e. The Balaban J connectivity index is 1.81. The number of aromatic nitrogens is 1. The Labute approximate surface area is 139 Å². The molecule has 2 bridgehead atoms. The summed E-state index contributed by atoms with van der Waals surface area (Å²) in [6.07, 6.45) is 3.42. The van der Waals surface area contributed by atoms with E-state index in [1.807, 2.05) is 18.2 Å². The molecule has 3 rings (SSSR count). The molecule has 2 atom stereocenters. The van der Waals surface area contributed by atoms with E-state index in [0.717, 1.165) is 25.2 Å². The fraction of sp³-hybridized carbons (Fsp3) is 0.684. The van der Waals surface area contributed by atoms with E-state index in [0.29, 0.717) is 23.2 Å². The topological polar surface area (TPSA) is 45.2 Å². The van der Waals surface area contributed by atoms with Gasteiger partial charge in [0.05, 0.1) is 0 Å². The first-order valence-electron chi connectivity index (χ1n) is 8.72. The number of likely N-dealkylation sites (tertiary alicyclic amines) is 1. The highest BCUT2D eigenvalue weighted by Gasteiger charge is 2.51. The van der Waals surface area contributed by atoms with Crippen molar-refractivity contribution in [1.82, 2.24) is 9.88 Å². The minimum Gasteiger partial charge on any atom is -0.368 e. The van der Waals surface area contributed by atoms with Gasteiger partial charge in [-0.2, -0.15) is 0 Å². The summed E-state index contributed by atoms with van der Waals surface area (Å²) in [7, 11) is 0. The third-order valence-corrected chi connectivity index (χ3v) is 5.08. The van der Waals surface area contributed by atoms with Crippen molar-refractivity contribution in [2.24, 2.45) is 10.8 Å². The van der Waals surface area contributed by atoms with Crippen molar-refractivity contribution in [1.29, 1.82) is 0 Å². The molecular formula is C19H29N3O. The molecule has 0 aromatic carbocycles. The van der Waals surface area contributed by atoms with Crippen LogP contribution in [0.15, 0.2) is 18.2 Å². The van der Waals surface area contributed by atoms with Crippen LogP contribution in [0.25, 0.3) is 0 Å². The first kappa shape index (κ1) is 16.3. The van der Waals surface area contributed by atoms with E-state index in [1.54, 1.807) is 0 Å². The standard InChI is InChI=1S/C19H29N3O/c1-13(2)20-16-8-6-7-15(21-16)17(23)22-12-19(5)10-14(22)9-18(3,4)11-19/h6-8,13-14H,9-12H2,1-5H3,(H,20,21). The molecule has 1 aromatic heterocycles. The number of fused-ring (bicyclic) bond motifs is 2. The number of carbonyl (C=O) groups is 1. The van der Waals surface area contributed by atoms with Crippen LogP contribution in [0, 0.1) is 10.8 Å². The predicted molar refractivity (Wildman–Crippen MR) is 93.6 cm³/mol. The van der Waals surface area contributed by atoms with Gasteiger partial charge in [0.2, 0.25) is 0 Å². The Morgan fingerprint density at radius 1 is 1.30 bits per heavy atom. The summed E-state index contributed by atoms with van der Waals surface area (Å²) in [5.41, 5.74) is 1.14. The van der Waals surface area contributed by atoms with E-state index < -0.39 is 0 Å². The lowest BCUT2D eigenvalue weighted by Crippen LogP contribution is -2.38. The van der Waals surface area contributed by atoms with Gasteiger partial charge in [-0.05, 0) is 56.1 Å². The van der Waals surface area contributed by atoms with Crippen LogP contribution < -0.4 is 5.32 Å². The van der Waals surface area contributed by atoms with Gasteiger partial charge < -0.3 is 10.2 Å². The molecule has 23 heavy (non-hydrogen) atoms. The van der Waals surface area contributed by atoms with Crippen LogP contribution in [0.4, 0.5) is 5.82 Å². The van der Waals surface area contributed by atoms with Crippen molar-refractivity contribution >= 4 is 11.7 Å². The van der Waals surface area contributed by atoms with Crippen LogP contribution >= 0.6 is 0 Å². The number of amides is 1. The van der Waals surface area contributed by atoms with Gasteiger partial charge in [-0.15, -0.1) is 0 Å². The van der Waals surface area contributed by atoms with Gasteiger partial charge in [0.1, 0.15) is 11.5 Å².